The highest BCUT2D eigenvalue weighted by Gasteiger charge is 2.18. The molecular formula is C15H13N3O3S. The number of nitrogens with one attached hydrogen (secondary N) is 1. The summed E-state index contributed by atoms with van der Waals surface area (Å²) >= 11 is 0. The third kappa shape index (κ3) is 3.31. The van der Waals surface area contributed by atoms with E-state index in [2.05, 4.69) is 5.32 Å². The van der Waals surface area contributed by atoms with Crippen LogP contribution >= 0.6 is 0 Å². The maximum absolute atomic E-state index is 12.6. The van der Waals surface area contributed by atoms with Gasteiger partial charge in [0.15, 0.2) is 0 Å². The van der Waals surface area contributed by atoms with Gasteiger partial charge in [-0.1, -0.05) is 12.1 Å². The van der Waals surface area contributed by atoms with E-state index in [9.17, 15) is 13.2 Å². The molecular weight excluding hydrogens is 302 g/mol. The third-order valence-electron chi connectivity index (χ3n) is 2.89. The Bertz CT molecular complexity index is 854. The van der Waals surface area contributed by atoms with E-state index in [0.29, 0.717) is 5.69 Å². The molecule has 0 radical (unpaired) electrons. The normalized spacial score (nSPS) is 10.7. The van der Waals surface area contributed by atoms with E-state index < -0.39 is 15.7 Å². The molecule has 112 valence electrons. The largest absolute Gasteiger partial charge is 0.325 e. The number of nitriles is 1. The summed E-state index contributed by atoms with van der Waals surface area (Å²) < 4.78 is 25.1. The lowest BCUT2D eigenvalue weighted by molar-refractivity contribution is -0.114. The van der Waals surface area contributed by atoms with Gasteiger partial charge in [0.1, 0.15) is 0 Å². The Hall–Kier alpha value is -2.69. The first kappa shape index (κ1) is 15.7. The van der Waals surface area contributed by atoms with E-state index in [-0.39, 0.29) is 21.9 Å². The third-order valence-corrected chi connectivity index (χ3v) is 4.64. The van der Waals surface area contributed by atoms with Gasteiger partial charge >= 0.3 is 0 Å². The highest BCUT2D eigenvalue weighted by molar-refractivity contribution is 7.91. The molecule has 0 saturated carbocycles. The molecule has 0 atom stereocenters. The highest BCUT2D eigenvalue weighted by atomic mass is 32.2. The van der Waals surface area contributed by atoms with Gasteiger partial charge in [0.2, 0.25) is 15.7 Å². The Morgan fingerprint density at radius 3 is 2.41 bits per heavy atom. The molecule has 0 fully saturated rings. The maximum atomic E-state index is 12.6. The van der Waals surface area contributed by atoms with Crippen molar-refractivity contribution in [2.24, 2.45) is 5.73 Å². The molecule has 2 aromatic rings. The van der Waals surface area contributed by atoms with Crippen LogP contribution in [-0.2, 0) is 14.6 Å². The number of anilines is 1. The SMILES string of the molecule is N#Cc1cccc(S(=O)(=O)c2cccc(NC(=O)CN)c2)c1. The standard InChI is InChI=1S/C15H13N3O3S/c16-9-11-3-1-5-13(7-11)22(20,21)14-6-2-4-12(8-14)18-15(19)10-17/h1-8H,10,17H2,(H,18,19). The minimum absolute atomic E-state index is 0.0221. The van der Waals surface area contributed by atoms with Gasteiger partial charge in [0.25, 0.3) is 0 Å². The van der Waals surface area contributed by atoms with Crippen LogP contribution in [0, 0.1) is 11.3 Å². The molecule has 0 spiro atoms. The summed E-state index contributed by atoms with van der Waals surface area (Å²) in [6.07, 6.45) is 0. The van der Waals surface area contributed by atoms with Gasteiger partial charge in [0.05, 0.1) is 28.0 Å². The maximum Gasteiger partial charge on any atom is 0.238 e. The molecule has 0 aromatic heterocycles. The van der Waals surface area contributed by atoms with Gasteiger partial charge < -0.3 is 11.1 Å². The zero-order valence-corrected chi connectivity index (χ0v) is 12.3. The van der Waals surface area contributed by atoms with E-state index in [1.54, 1.807) is 6.07 Å². The molecule has 0 heterocycles. The van der Waals surface area contributed by atoms with Crippen molar-refractivity contribution in [3.05, 3.63) is 54.1 Å². The van der Waals surface area contributed by atoms with Gasteiger partial charge in [-0.3, -0.25) is 4.79 Å². The summed E-state index contributed by atoms with van der Waals surface area (Å²) in [7, 11) is -3.77. The highest BCUT2D eigenvalue weighted by Crippen LogP contribution is 2.23. The summed E-state index contributed by atoms with van der Waals surface area (Å²) in [6, 6.07) is 13.5. The van der Waals surface area contributed by atoms with E-state index in [1.165, 1.54) is 42.5 Å². The van der Waals surface area contributed by atoms with Crippen LogP contribution in [0.4, 0.5) is 5.69 Å². The Labute approximate surface area is 128 Å². The number of amides is 1. The minimum atomic E-state index is -3.77. The molecule has 0 unspecified atom stereocenters. The number of nitrogens with two attached hydrogens (primary N) is 1. The lowest BCUT2D eigenvalue weighted by atomic mass is 10.2. The van der Waals surface area contributed by atoms with E-state index in [0.717, 1.165) is 0 Å². The molecule has 0 aliphatic carbocycles. The number of carbonyl (C=O) groups excluding carboxylic acids is 1. The predicted molar refractivity (Wildman–Crippen MR) is 80.7 cm³/mol. The number of sulfone groups is 1. The van der Waals surface area contributed by atoms with Crippen molar-refractivity contribution < 1.29 is 13.2 Å². The molecule has 0 aliphatic heterocycles. The van der Waals surface area contributed by atoms with E-state index in [4.69, 9.17) is 11.0 Å². The van der Waals surface area contributed by atoms with Gasteiger partial charge in [0, 0.05) is 5.69 Å². The van der Waals surface area contributed by atoms with Crippen molar-refractivity contribution in [1.82, 2.24) is 0 Å². The molecule has 0 saturated heterocycles. The first-order valence-corrected chi connectivity index (χ1v) is 7.81. The Morgan fingerprint density at radius 1 is 1.14 bits per heavy atom. The fourth-order valence-corrected chi connectivity index (χ4v) is 3.17. The summed E-state index contributed by atoms with van der Waals surface area (Å²) in [6.45, 7) is -0.193. The quantitative estimate of drug-likeness (QED) is 0.882. The van der Waals surface area contributed by atoms with Crippen LogP contribution in [0.1, 0.15) is 5.56 Å². The predicted octanol–water partition coefficient (Wildman–Crippen LogP) is 1.29. The molecule has 1 amide bonds. The first-order chi connectivity index (χ1) is 10.5. The van der Waals surface area contributed by atoms with Gasteiger partial charge in [-0.25, -0.2) is 8.42 Å². The van der Waals surface area contributed by atoms with Crippen LogP contribution in [0.5, 0.6) is 0 Å². The molecule has 2 aromatic carbocycles. The van der Waals surface area contributed by atoms with Crippen molar-refractivity contribution in [2.45, 2.75) is 9.79 Å². The lowest BCUT2D eigenvalue weighted by Crippen LogP contribution is -2.21. The molecule has 3 N–H and O–H groups in total. The monoisotopic (exact) mass is 315 g/mol. The molecule has 0 aliphatic rings. The number of hydrogen-bond acceptors (Lipinski definition) is 5. The Kier molecular flexibility index (Phi) is 4.56. The van der Waals surface area contributed by atoms with E-state index >= 15 is 0 Å². The number of hydrogen-bond donors (Lipinski definition) is 2. The van der Waals surface area contributed by atoms with Gasteiger partial charge in [-0.05, 0) is 36.4 Å². The Morgan fingerprint density at radius 2 is 1.77 bits per heavy atom. The van der Waals surface area contributed by atoms with Crippen molar-refractivity contribution in [2.75, 3.05) is 11.9 Å². The topological polar surface area (TPSA) is 113 Å². The number of nitrogens with zero attached hydrogens (tertiary/aromatic N) is 1. The lowest BCUT2D eigenvalue weighted by Gasteiger charge is -2.08. The van der Waals surface area contributed by atoms with Crippen molar-refractivity contribution in [3.8, 4) is 6.07 Å². The summed E-state index contributed by atoms with van der Waals surface area (Å²) in [5, 5.41) is 11.4. The number of benzene rings is 2. The fourth-order valence-electron chi connectivity index (χ4n) is 1.82. The van der Waals surface area contributed by atoms with Crippen LogP contribution < -0.4 is 11.1 Å². The van der Waals surface area contributed by atoms with Crippen LogP contribution in [-0.4, -0.2) is 20.9 Å². The number of rotatable bonds is 4. The Balaban J connectivity index is 2.43. The molecule has 6 nitrogen and oxygen atoms in total. The van der Waals surface area contributed by atoms with Crippen LogP contribution in [0.15, 0.2) is 58.3 Å². The summed E-state index contributed by atoms with van der Waals surface area (Å²) in [4.78, 5) is 11.3. The second kappa shape index (κ2) is 6.39. The minimum Gasteiger partial charge on any atom is -0.325 e. The molecule has 2 rings (SSSR count). The second-order valence-corrected chi connectivity index (χ2v) is 6.37. The molecule has 7 heteroatoms. The van der Waals surface area contributed by atoms with Crippen molar-refractivity contribution in [1.29, 1.82) is 5.26 Å². The van der Waals surface area contributed by atoms with Gasteiger partial charge in [-0.15, -0.1) is 0 Å². The number of carbonyl (C=O) groups is 1. The van der Waals surface area contributed by atoms with Crippen LogP contribution in [0.2, 0.25) is 0 Å². The molecule has 22 heavy (non-hydrogen) atoms. The van der Waals surface area contributed by atoms with Gasteiger partial charge in [-0.2, -0.15) is 5.26 Å². The van der Waals surface area contributed by atoms with Crippen molar-refractivity contribution in [3.63, 3.8) is 0 Å². The van der Waals surface area contributed by atoms with Crippen molar-refractivity contribution >= 4 is 21.4 Å². The first-order valence-electron chi connectivity index (χ1n) is 6.32. The van der Waals surface area contributed by atoms with Crippen LogP contribution in [0.25, 0.3) is 0 Å². The smallest absolute Gasteiger partial charge is 0.238 e. The average Bonchev–Trinajstić information content (AvgIpc) is 2.55. The summed E-state index contributed by atoms with van der Waals surface area (Å²) in [5.41, 5.74) is 5.80. The fraction of sp³-hybridized carbons (Fsp3) is 0.0667. The average molecular weight is 315 g/mol. The second-order valence-electron chi connectivity index (χ2n) is 4.42. The van der Waals surface area contributed by atoms with E-state index in [1.807, 2.05) is 6.07 Å². The van der Waals surface area contributed by atoms with Crippen LogP contribution in [0.3, 0.4) is 0 Å². The zero-order valence-electron chi connectivity index (χ0n) is 11.5. The zero-order chi connectivity index (χ0) is 16.2. The summed E-state index contributed by atoms with van der Waals surface area (Å²) in [5.74, 6) is -0.416. The molecule has 0 bridgehead atoms.